The van der Waals surface area contributed by atoms with Gasteiger partial charge in [-0.1, -0.05) is 19.1 Å². The van der Waals surface area contributed by atoms with Crippen LogP contribution in [0.15, 0.2) is 36.4 Å². The first kappa shape index (κ1) is 24.0. The van der Waals surface area contributed by atoms with Crippen LogP contribution in [0.4, 0.5) is 5.69 Å². The van der Waals surface area contributed by atoms with Crippen LogP contribution in [-0.4, -0.2) is 45.1 Å². The average molecular weight is 475 g/mol. The molecule has 1 aliphatic carbocycles. The predicted octanol–water partition coefficient (Wildman–Crippen LogP) is 4.97. The first-order chi connectivity index (χ1) is 16.7. The molecule has 2 N–H and O–H groups in total. The summed E-state index contributed by atoms with van der Waals surface area (Å²) in [6.07, 6.45) is 4.83. The highest BCUT2D eigenvalue weighted by Gasteiger charge is 2.32. The molecule has 0 unspecified atom stereocenters. The molecule has 6 nitrogen and oxygen atoms in total. The van der Waals surface area contributed by atoms with Gasteiger partial charge in [-0.25, -0.2) is 4.98 Å². The van der Waals surface area contributed by atoms with Gasteiger partial charge in [0.1, 0.15) is 11.4 Å². The van der Waals surface area contributed by atoms with Crippen molar-refractivity contribution in [3.05, 3.63) is 58.9 Å². The Morgan fingerprint density at radius 1 is 1.11 bits per heavy atom. The number of nitrogens with zero attached hydrogens (tertiary/aromatic N) is 3. The summed E-state index contributed by atoms with van der Waals surface area (Å²) in [7, 11) is 0. The zero-order valence-electron chi connectivity index (χ0n) is 21.5. The molecular formula is C29H38N4O2. The van der Waals surface area contributed by atoms with Crippen LogP contribution in [0.3, 0.4) is 0 Å². The number of piperidine rings is 1. The minimum absolute atomic E-state index is 0.0657. The van der Waals surface area contributed by atoms with E-state index >= 15 is 0 Å². The van der Waals surface area contributed by atoms with Gasteiger partial charge in [0.25, 0.3) is 0 Å². The Kier molecular flexibility index (Phi) is 6.45. The van der Waals surface area contributed by atoms with Gasteiger partial charge in [-0.2, -0.15) is 0 Å². The molecule has 1 aromatic heterocycles. The highest BCUT2D eigenvalue weighted by Crippen LogP contribution is 2.35. The SMILES string of the molecule is CCC(=O)Nc1ccc2c(c1)C[C@H](CN1CCC(n3c(C(C)(C)O)nc4cc(C)ccc43)CC1)C2. The second kappa shape index (κ2) is 9.40. The zero-order valence-corrected chi connectivity index (χ0v) is 21.5. The first-order valence-electron chi connectivity index (χ1n) is 13.1. The minimum atomic E-state index is -0.977. The summed E-state index contributed by atoms with van der Waals surface area (Å²) < 4.78 is 2.31. The Bertz CT molecular complexity index is 1230. The van der Waals surface area contributed by atoms with Crippen LogP contribution in [0.5, 0.6) is 0 Å². The molecule has 3 aromatic rings. The van der Waals surface area contributed by atoms with Crippen molar-refractivity contribution in [2.45, 2.75) is 71.4 Å². The van der Waals surface area contributed by atoms with Gasteiger partial charge in [0.2, 0.25) is 5.91 Å². The lowest BCUT2D eigenvalue weighted by atomic mass is 9.99. The summed E-state index contributed by atoms with van der Waals surface area (Å²) in [6, 6.07) is 13.2. The second-order valence-electron chi connectivity index (χ2n) is 11.0. The molecule has 6 heteroatoms. The molecule has 0 radical (unpaired) electrons. The van der Waals surface area contributed by atoms with Gasteiger partial charge in [-0.15, -0.1) is 0 Å². The number of aryl methyl sites for hydroxylation is 1. The largest absolute Gasteiger partial charge is 0.383 e. The van der Waals surface area contributed by atoms with Crippen molar-refractivity contribution < 1.29 is 9.90 Å². The van der Waals surface area contributed by atoms with Crippen molar-refractivity contribution in [3.63, 3.8) is 0 Å². The number of carbonyl (C=O) groups is 1. The standard InChI is InChI=1S/C29H38N4O2/c1-5-27(34)30-23-8-7-21-15-20(16-22(21)17-23)18-32-12-10-24(11-13-32)33-26-9-6-19(2)14-25(26)31-28(33)29(3,4)35/h6-9,14,17,20,24,35H,5,10-13,15-16,18H2,1-4H3,(H,30,34)/t20-/m1/s1. The summed E-state index contributed by atoms with van der Waals surface area (Å²) in [5.74, 6) is 1.47. The topological polar surface area (TPSA) is 70.4 Å². The molecule has 186 valence electrons. The van der Waals surface area contributed by atoms with Crippen LogP contribution in [0.2, 0.25) is 0 Å². The molecule has 5 rings (SSSR count). The maximum Gasteiger partial charge on any atom is 0.224 e. The number of benzene rings is 2. The lowest BCUT2D eigenvalue weighted by Gasteiger charge is -2.35. The third-order valence-electron chi connectivity index (χ3n) is 7.66. The van der Waals surface area contributed by atoms with Gasteiger partial charge in [-0.05, 0) is 93.3 Å². The van der Waals surface area contributed by atoms with Crippen LogP contribution in [0.1, 0.15) is 68.6 Å². The van der Waals surface area contributed by atoms with Gasteiger partial charge in [0, 0.05) is 37.8 Å². The Hall–Kier alpha value is -2.70. The molecule has 2 aromatic carbocycles. The fraction of sp³-hybridized carbons (Fsp3) is 0.517. The summed E-state index contributed by atoms with van der Waals surface area (Å²) in [5, 5.41) is 13.9. The van der Waals surface area contributed by atoms with E-state index in [1.54, 1.807) is 0 Å². The van der Waals surface area contributed by atoms with E-state index in [2.05, 4.69) is 52.0 Å². The van der Waals surface area contributed by atoms with E-state index in [9.17, 15) is 9.90 Å². The summed E-state index contributed by atoms with van der Waals surface area (Å²) >= 11 is 0. The van der Waals surface area contributed by atoms with E-state index in [-0.39, 0.29) is 5.91 Å². The highest BCUT2D eigenvalue weighted by atomic mass is 16.3. The maximum atomic E-state index is 11.7. The Labute approximate surface area is 208 Å². The molecule has 0 spiro atoms. The number of amides is 1. The van der Waals surface area contributed by atoms with Crippen LogP contribution in [0, 0.1) is 12.8 Å². The molecule has 1 saturated heterocycles. The predicted molar refractivity (Wildman–Crippen MR) is 141 cm³/mol. The third kappa shape index (κ3) is 5.00. The maximum absolute atomic E-state index is 11.7. The monoisotopic (exact) mass is 474 g/mol. The fourth-order valence-electron chi connectivity index (χ4n) is 5.90. The van der Waals surface area contributed by atoms with Crippen molar-refractivity contribution in [2.24, 2.45) is 5.92 Å². The number of carbonyl (C=O) groups excluding carboxylic acids is 1. The summed E-state index contributed by atoms with van der Waals surface area (Å²) in [4.78, 5) is 19.2. The van der Waals surface area contributed by atoms with E-state index in [1.165, 1.54) is 16.7 Å². The fourth-order valence-corrected chi connectivity index (χ4v) is 5.90. The zero-order chi connectivity index (χ0) is 24.7. The van der Waals surface area contributed by atoms with Crippen LogP contribution in [-0.2, 0) is 23.2 Å². The van der Waals surface area contributed by atoms with Gasteiger partial charge < -0.3 is 19.9 Å². The van der Waals surface area contributed by atoms with E-state index in [0.29, 0.717) is 18.4 Å². The van der Waals surface area contributed by atoms with Crippen molar-refractivity contribution in [1.29, 1.82) is 0 Å². The summed E-state index contributed by atoms with van der Waals surface area (Å²) in [5.41, 5.74) is 6.04. The quantitative estimate of drug-likeness (QED) is 0.529. The third-order valence-corrected chi connectivity index (χ3v) is 7.66. The smallest absolute Gasteiger partial charge is 0.224 e. The van der Waals surface area contributed by atoms with E-state index in [0.717, 1.165) is 67.9 Å². The number of hydrogen-bond acceptors (Lipinski definition) is 4. The van der Waals surface area contributed by atoms with Gasteiger partial charge in [0.05, 0.1) is 11.0 Å². The van der Waals surface area contributed by atoms with E-state index in [4.69, 9.17) is 4.98 Å². The van der Waals surface area contributed by atoms with Crippen molar-refractivity contribution in [1.82, 2.24) is 14.5 Å². The van der Waals surface area contributed by atoms with Gasteiger partial charge in [0.15, 0.2) is 0 Å². The number of fused-ring (bicyclic) bond motifs is 2. The number of aliphatic hydroxyl groups is 1. The molecule has 2 aliphatic rings. The number of rotatable bonds is 6. The number of hydrogen-bond donors (Lipinski definition) is 2. The average Bonchev–Trinajstić information content (AvgIpc) is 3.39. The van der Waals surface area contributed by atoms with Crippen LogP contribution in [0.25, 0.3) is 11.0 Å². The second-order valence-corrected chi connectivity index (χ2v) is 11.0. The van der Waals surface area contributed by atoms with Crippen LogP contribution >= 0.6 is 0 Å². The molecule has 0 saturated carbocycles. The number of aromatic nitrogens is 2. The Balaban J connectivity index is 1.24. The summed E-state index contributed by atoms with van der Waals surface area (Å²) in [6.45, 7) is 10.9. The first-order valence-corrected chi connectivity index (χ1v) is 13.1. The van der Waals surface area contributed by atoms with E-state index < -0.39 is 5.60 Å². The Morgan fingerprint density at radius 3 is 2.57 bits per heavy atom. The number of likely N-dealkylation sites (tertiary alicyclic amines) is 1. The highest BCUT2D eigenvalue weighted by molar-refractivity contribution is 5.90. The van der Waals surface area contributed by atoms with E-state index in [1.807, 2.05) is 26.8 Å². The molecule has 1 aliphatic heterocycles. The molecule has 35 heavy (non-hydrogen) atoms. The van der Waals surface area contributed by atoms with Crippen molar-refractivity contribution in [2.75, 3.05) is 25.0 Å². The molecular weight excluding hydrogens is 436 g/mol. The normalized spacial score (nSPS) is 19.3. The number of nitrogens with one attached hydrogen (secondary N) is 1. The van der Waals surface area contributed by atoms with Gasteiger partial charge >= 0.3 is 0 Å². The Morgan fingerprint density at radius 2 is 1.86 bits per heavy atom. The lowest BCUT2D eigenvalue weighted by Crippen LogP contribution is -2.39. The molecule has 1 amide bonds. The van der Waals surface area contributed by atoms with Crippen molar-refractivity contribution in [3.8, 4) is 0 Å². The number of anilines is 1. The van der Waals surface area contributed by atoms with Crippen LogP contribution < -0.4 is 5.32 Å². The van der Waals surface area contributed by atoms with Crippen molar-refractivity contribution >= 4 is 22.6 Å². The molecule has 1 atom stereocenters. The lowest BCUT2D eigenvalue weighted by molar-refractivity contribution is -0.115. The molecule has 1 fully saturated rings. The minimum Gasteiger partial charge on any atom is -0.383 e. The molecule has 0 bridgehead atoms. The molecule has 2 heterocycles. The van der Waals surface area contributed by atoms with Gasteiger partial charge in [-0.3, -0.25) is 4.79 Å². The number of imidazole rings is 1.